The number of ether oxygens (including phenoxy) is 10. The number of hydrogen-bond acceptors (Lipinski definition) is 12. The molecule has 0 saturated heterocycles. The van der Waals surface area contributed by atoms with Crippen LogP contribution in [0.1, 0.15) is 197 Å². The Morgan fingerprint density at radius 3 is 0.587 bits per heavy atom. The van der Waals surface area contributed by atoms with E-state index in [2.05, 4.69) is 184 Å². The van der Waals surface area contributed by atoms with E-state index in [1.165, 1.54) is 47.2 Å². The summed E-state index contributed by atoms with van der Waals surface area (Å²) in [4.78, 5) is 0. The van der Waals surface area contributed by atoms with Gasteiger partial charge >= 0.3 is 0 Å². The molecule has 7 rings (SSSR count). The molecule has 0 atom stereocenters. The second-order valence-electron chi connectivity index (χ2n) is 28.1. The topological polar surface area (TPSA) is 111 Å². The number of rotatable bonds is 32. The zero-order valence-electron chi connectivity index (χ0n) is 70.9. The summed E-state index contributed by atoms with van der Waals surface area (Å²) in [6.07, 6.45) is 11.5. The molecule has 0 saturated carbocycles. The van der Waals surface area contributed by atoms with Crippen molar-refractivity contribution in [2.24, 2.45) is 0 Å². The molecule has 0 aliphatic carbocycles. The van der Waals surface area contributed by atoms with Crippen LogP contribution in [-0.2, 0) is 0 Å². The monoisotopic (exact) mass is 1470 g/mol. The first-order chi connectivity index (χ1) is 49.3. The molecular formula is C90H142O12Si2. The van der Waals surface area contributed by atoms with E-state index in [-0.39, 0.29) is 0 Å². The van der Waals surface area contributed by atoms with Crippen molar-refractivity contribution in [2.75, 3.05) is 68.1 Å². The van der Waals surface area contributed by atoms with Crippen molar-refractivity contribution in [3.63, 3.8) is 0 Å². The third kappa shape index (κ3) is 36.5. The Bertz CT molecular complexity index is 3140. The SMILES string of the molecule is CCCCOc1cc(C)c(OCCCC)cc1C.CCCCOc1cc(C)c(OCCCC)cc1C.CCC[Si](C)(C)Oc1ccc(O[Si](C)(C)CCC)cc1.CCOc1cc(C)c(OCC)cc1C.COc1cc(C)c(OC)cc1C.COc1cc(C)c(OC)cc1C.Cc1cc(C)c(C)cc1C. The first-order valence-corrected chi connectivity index (χ1v) is 44.6. The first-order valence-electron chi connectivity index (χ1n) is 38.3. The van der Waals surface area contributed by atoms with Crippen LogP contribution in [0.3, 0.4) is 0 Å². The van der Waals surface area contributed by atoms with Crippen LogP contribution in [0.15, 0.2) is 97.1 Å². The van der Waals surface area contributed by atoms with Crippen LogP contribution in [0.2, 0.25) is 38.3 Å². The van der Waals surface area contributed by atoms with E-state index in [1.807, 2.05) is 91.8 Å². The van der Waals surface area contributed by atoms with Crippen LogP contribution in [0, 0.1) is 96.9 Å². The molecule has 7 aromatic rings. The molecule has 0 spiro atoms. The molecule has 0 fully saturated rings. The van der Waals surface area contributed by atoms with E-state index in [0.717, 1.165) is 202 Å². The van der Waals surface area contributed by atoms with Gasteiger partial charge in [-0.15, -0.1) is 0 Å². The van der Waals surface area contributed by atoms with Gasteiger partial charge in [0.05, 0.1) is 68.1 Å². The number of hydrogen-bond donors (Lipinski definition) is 0. The maximum absolute atomic E-state index is 6.17. The third-order valence-electron chi connectivity index (χ3n) is 17.3. The Morgan fingerprint density at radius 2 is 0.413 bits per heavy atom. The molecule has 12 nitrogen and oxygen atoms in total. The number of methoxy groups -OCH3 is 4. The second-order valence-corrected chi connectivity index (χ2v) is 36.6. The first kappa shape index (κ1) is 94.6. The van der Waals surface area contributed by atoms with Crippen LogP contribution in [0.5, 0.6) is 69.0 Å². The summed E-state index contributed by atoms with van der Waals surface area (Å²) in [5.41, 5.74) is 16.8. The lowest BCUT2D eigenvalue weighted by atomic mass is 10.0. The molecule has 0 aliphatic heterocycles. The van der Waals surface area contributed by atoms with Gasteiger partial charge in [0.1, 0.15) is 69.0 Å². The molecule has 0 amide bonds. The minimum absolute atomic E-state index is 0.703. The molecule has 14 heteroatoms. The number of benzene rings is 7. The molecule has 0 aromatic heterocycles. The molecule has 0 bridgehead atoms. The van der Waals surface area contributed by atoms with Crippen molar-refractivity contribution < 1.29 is 56.2 Å². The molecule has 0 N–H and O–H groups in total. The highest BCUT2D eigenvalue weighted by atomic mass is 28.4. The van der Waals surface area contributed by atoms with Crippen LogP contribution < -0.4 is 56.2 Å². The normalized spacial score (nSPS) is 10.5. The number of unbranched alkanes of at least 4 members (excludes halogenated alkanes) is 4. The lowest BCUT2D eigenvalue weighted by molar-refractivity contribution is 0.297. The van der Waals surface area contributed by atoms with E-state index in [9.17, 15) is 0 Å². The predicted molar refractivity (Wildman–Crippen MR) is 448 cm³/mol. The summed E-state index contributed by atoms with van der Waals surface area (Å²) in [6, 6.07) is 35.4. The standard InChI is InChI=1S/C16H30O2Si2.2C16H26O2.C12H18O2.2C10H14O2.C10H14/c1-7-13-19(3,4)17-15-9-11-16(12-10-15)18-20(5,6)14-8-2;2*1-5-7-9-17-15-11-14(4)16(12-13(15)3)18-10-8-6-2;1-5-13-11-7-10(4)12(14-6-2)8-9(11)3;2*1-7-5-10(12-4)8(2)6-9(7)11-3;1-7-5-9(3)10(4)6-8(7)2/h9-12H,7-8,13-14H2,1-6H3;2*11-12H,5-10H2,1-4H3;7-8H,5-6H2,1-4H3;2*5-6H,1-4H3;5-6H,1-4H3. The summed E-state index contributed by atoms with van der Waals surface area (Å²) >= 11 is 0. The highest BCUT2D eigenvalue weighted by Gasteiger charge is 2.25. The lowest BCUT2D eigenvalue weighted by Crippen LogP contribution is -2.34. The van der Waals surface area contributed by atoms with Gasteiger partial charge in [-0.2, -0.15) is 0 Å². The molecule has 0 heterocycles. The zero-order valence-corrected chi connectivity index (χ0v) is 72.9. The molecule has 0 aliphatic rings. The van der Waals surface area contributed by atoms with Crippen molar-refractivity contribution in [1.29, 1.82) is 0 Å². The van der Waals surface area contributed by atoms with Gasteiger partial charge in [-0.25, -0.2) is 0 Å². The summed E-state index contributed by atoms with van der Waals surface area (Å²) in [5.74, 6) is 11.5. The number of aryl methyl sites for hydroxylation is 14. The van der Waals surface area contributed by atoms with Gasteiger partial charge in [-0.05, 0) is 338 Å². The van der Waals surface area contributed by atoms with Crippen molar-refractivity contribution in [2.45, 2.75) is 255 Å². The molecular weight excluding hydrogens is 1330 g/mol. The summed E-state index contributed by atoms with van der Waals surface area (Å²) in [5, 5.41) is 0. The van der Waals surface area contributed by atoms with Crippen molar-refractivity contribution in [1.82, 2.24) is 0 Å². The summed E-state index contributed by atoms with van der Waals surface area (Å²) in [6.45, 7) is 59.8. The van der Waals surface area contributed by atoms with Crippen molar-refractivity contribution in [3.8, 4) is 69.0 Å². The van der Waals surface area contributed by atoms with Crippen molar-refractivity contribution in [3.05, 3.63) is 175 Å². The molecule has 7 aromatic carbocycles. The average Bonchev–Trinajstić information content (AvgIpc) is 0.862. The summed E-state index contributed by atoms with van der Waals surface area (Å²) in [7, 11) is 3.59. The van der Waals surface area contributed by atoms with Crippen molar-refractivity contribution >= 4 is 16.6 Å². The minimum atomic E-state index is -1.55. The van der Waals surface area contributed by atoms with Crippen LogP contribution in [-0.4, -0.2) is 84.7 Å². The highest BCUT2D eigenvalue weighted by molar-refractivity contribution is 6.72. The Balaban J connectivity index is 0.000000613. The smallest absolute Gasteiger partial charge is 0.245 e. The predicted octanol–water partition coefficient (Wildman–Crippen LogP) is 25.7. The Morgan fingerprint density at radius 1 is 0.231 bits per heavy atom. The minimum Gasteiger partial charge on any atom is -0.544 e. The maximum atomic E-state index is 6.17. The Kier molecular flexibility index (Phi) is 47.0. The molecule has 104 heavy (non-hydrogen) atoms. The fourth-order valence-electron chi connectivity index (χ4n) is 10.9. The molecule has 0 unspecified atom stereocenters. The van der Waals surface area contributed by atoms with Gasteiger partial charge in [0.15, 0.2) is 0 Å². The van der Waals surface area contributed by atoms with Crippen LogP contribution in [0.4, 0.5) is 0 Å². The largest absolute Gasteiger partial charge is 0.544 e. The van der Waals surface area contributed by atoms with Gasteiger partial charge in [-0.3, -0.25) is 0 Å². The van der Waals surface area contributed by atoms with E-state index in [0.29, 0.717) is 13.2 Å². The Labute approximate surface area is 636 Å². The summed E-state index contributed by atoms with van der Waals surface area (Å²) < 4.78 is 67.1. The lowest BCUT2D eigenvalue weighted by Gasteiger charge is -2.25. The molecule has 582 valence electrons. The zero-order chi connectivity index (χ0) is 78.5. The van der Waals surface area contributed by atoms with E-state index < -0.39 is 16.6 Å². The maximum Gasteiger partial charge on any atom is 0.245 e. The average molecular weight is 1470 g/mol. The second kappa shape index (κ2) is 51.7. The van der Waals surface area contributed by atoms with Crippen LogP contribution in [0.25, 0.3) is 0 Å². The van der Waals surface area contributed by atoms with Gasteiger partial charge < -0.3 is 56.2 Å². The Hall–Kier alpha value is -7.43. The van der Waals surface area contributed by atoms with E-state index in [4.69, 9.17) is 56.2 Å². The van der Waals surface area contributed by atoms with Gasteiger partial charge in [-0.1, -0.05) is 92.2 Å². The van der Waals surface area contributed by atoms with E-state index in [1.54, 1.807) is 28.4 Å². The fraction of sp³-hybridized carbons (Fsp3) is 0.533. The fourth-order valence-corrected chi connectivity index (χ4v) is 15.0. The van der Waals surface area contributed by atoms with E-state index >= 15 is 0 Å². The third-order valence-corrected chi connectivity index (χ3v) is 22.3. The van der Waals surface area contributed by atoms with Gasteiger partial charge in [0, 0.05) is 0 Å². The van der Waals surface area contributed by atoms with Gasteiger partial charge in [0.2, 0.25) is 16.6 Å². The van der Waals surface area contributed by atoms with Gasteiger partial charge in [0.25, 0.3) is 0 Å². The quantitative estimate of drug-likeness (QED) is 0.0296. The molecule has 0 radical (unpaired) electrons. The van der Waals surface area contributed by atoms with Crippen LogP contribution >= 0.6 is 0 Å². The highest BCUT2D eigenvalue weighted by Crippen LogP contribution is 2.33.